The summed E-state index contributed by atoms with van der Waals surface area (Å²) < 4.78 is 102. The molecule has 22 heteroatoms. The summed E-state index contributed by atoms with van der Waals surface area (Å²) in [6.07, 6.45) is -24.3. The third kappa shape index (κ3) is 7.38. The van der Waals surface area contributed by atoms with Gasteiger partial charge in [0.15, 0.2) is 24.1 Å². The first kappa shape index (κ1) is 41.4. The van der Waals surface area contributed by atoms with Crippen LogP contribution in [-0.4, -0.2) is 117 Å². The Kier molecular flexibility index (Phi) is 10.8. The maximum absolute atomic E-state index is 13.7. The van der Waals surface area contributed by atoms with Crippen molar-refractivity contribution in [1.29, 1.82) is 0 Å². The highest BCUT2D eigenvalue weighted by molar-refractivity contribution is 7.12. The van der Waals surface area contributed by atoms with E-state index in [1.807, 2.05) is 0 Å². The fourth-order valence-electron chi connectivity index (χ4n) is 7.48. The number of amides is 2. The first-order chi connectivity index (χ1) is 25.9. The summed E-state index contributed by atoms with van der Waals surface area (Å²) in [4.78, 5) is 64.5. The number of halogens is 6. The van der Waals surface area contributed by atoms with Gasteiger partial charge in [-0.2, -0.15) is 26.3 Å². The van der Waals surface area contributed by atoms with Crippen molar-refractivity contribution in [3.8, 4) is 11.5 Å². The molecule has 2 saturated heterocycles. The number of phenolic OH excluding ortho intramolecular Hbond substituents is 2. The molecular formula is C34H34F6N2O13S. The molecule has 4 aliphatic rings. The molecule has 10 atom stereocenters. The van der Waals surface area contributed by atoms with Gasteiger partial charge in [-0.25, -0.2) is 0 Å². The number of benzene rings is 1. The summed E-state index contributed by atoms with van der Waals surface area (Å²) >= 11 is 0.880. The molecule has 0 bridgehead atoms. The van der Waals surface area contributed by atoms with E-state index in [9.17, 15) is 70.7 Å². The maximum atomic E-state index is 13.7. The van der Waals surface area contributed by atoms with Crippen LogP contribution in [0.4, 0.5) is 26.3 Å². The van der Waals surface area contributed by atoms with E-state index in [1.54, 1.807) is 10.6 Å². The third-order valence-electron chi connectivity index (χ3n) is 10.3. The minimum absolute atomic E-state index is 0.0635. The van der Waals surface area contributed by atoms with Crippen LogP contribution in [0.25, 0.3) is 0 Å². The quantitative estimate of drug-likeness (QED) is 0.149. The number of fused-ring (bicyclic) bond motifs is 3. The van der Waals surface area contributed by atoms with Crippen LogP contribution in [0.15, 0.2) is 11.4 Å². The number of aromatic hydroxyl groups is 2. The molecule has 0 radical (unpaired) electrons. The zero-order chi connectivity index (χ0) is 41.4. The van der Waals surface area contributed by atoms with Gasteiger partial charge < -0.3 is 50.0 Å². The van der Waals surface area contributed by atoms with Gasteiger partial charge in [-0.15, -0.1) is 11.3 Å². The number of Topliss-reactive ketones (excluding diaryl/α,β-unsaturated/α-hetero) is 1. The summed E-state index contributed by atoms with van der Waals surface area (Å²) in [6, 6.07) is -1.92. The number of phenols is 2. The average molecular weight is 825 g/mol. The van der Waals surface area contributed by atoms with E-state index >= 15 is 0 Å². The lowest BCUT2D eigenvalue weighted by atomic mass is 9.72. The topological polar surface area (TPSA) is 227 Å². The fourth-order valence-corrected chi connectivity index (χ4v) is 8.31. The molecule has 56 heavy (non-hydrogen) atoms. The van der Waals surface area contributed by atoms with Crippen molar-refractivity contribution in [3.63, 3.8) is 0 Å². The van der Waals surface area contributed by atoms with Crippen molar-refractivity contribution in [2.75, 3.05) is 0 Å². The molecule has 0 unspecified atom stereocenters. The van der Waals surface area contributed by atoms with Crippen LogP contribution >= 0.6 is 11.3 Å². The first-order valence-corrected chi connectivity index (χ1v) is 17.9. The van der Waals surface area contributed by atoms with Gasteiger partial charge in [-0.3, -0.25) is 24.0 Å². The van der Waals surface area contributed by atoms with E-state index in [2.05, 4.69) is 0 Å². The van der Waals surface area contributed by atoms with Crippen LogP contribution in [0.5, 0.6) is 11.5 Å². The Labute approximate surface area is 315 Å². The smallest absolute Gasteiger partial charge is 0.471 e. The van der Waals surface area contributed by atoms with Crippen LogP contribution in [0.2, 0.25) is 0 Å². The molecule has 2 aliphatic heterocycles. The fraction of sp³-hybridized carbons (Fsp3) is 0.559. The van der Waals surface area contributed by atoms with Gasteiger partial charge in [-0.1, -0.05) is 0 Å². The molecule has 2 fully saturated rings. The van der Waals surface area contributed by atoms with Crippen molar-refractivity contribution in [2.45, 2.75) is 120 Å². The summed E-state index contributed by atoms with van der Waals surface area (Å²) in [5.74, 6) is -9.07. The highest BCUT2D eigenvalue weighted by Gasteiger charge is 2.54. The van der Waals surface area contributed by atoms with E-state index in [4.69, 9.17) is 18.9 Å². The van der Waals surface area contributed by atoms with E-state index in [1.165, 1.54) is 25.3 Å². The van der Waals surface area contributed by atoms with E-state index < -0.39 is 151 Å². The molecule has 2 aliphatic carbocycles. The number of carbonyl (C=O) groups is 5. The van der Waals surface area contributed by atoms with Gasteiger partial charge in [0.25, 0.3) is 0 Å². The molecule has 0 saturated carbocycles. The van der Waals surface area contributed by atoms with Crippen molar-refractivity contribution >= 4 is 40.5 Å². The number of carbonyl (C=O) groups excluding carboxylic acids is 5. The third-order valence-corrected chi connectivity index (χ3v) is 11.2. The molecule has 3 heterocycles. The van der Waals surface area contributed by atoms with E-state index in [0.29, 0.717) is 0 Å². The number of thiophene rings is 1. The zero-order valence-corrected chi connectivity index (χ0v) is 30.1. The van der Waals surface area contributed by atoms with Gasteiger partial charge in [0, 0.05) is 42.4 Å². The second kappa shape index (κ2) is 14.6. The monoisotopic (exact) mass is 824 g/mol. The Hall–Kier alpha value is -4.19. The molecule has 306 valence electrons. The number of hydrogen-bond acceptors (Lipinski definition) is 14. The minimum atomic E-state index is -5.34. The highest BCUT2D eigenvalue weighted by Crippen LogP contribution is 2.53. The number of ketones is 3. The molecule has 6 rings (SSSR count). The zero-order valence-electron chi connectivity index (χ0n) is 29.3. The van der Waals surface area contributed by atoms with Crippen LogP contribution in [0.1, 0.15) is 88.4 Å². The van der Waals surface area contributed by atoms with Gasteiger partial charge in [0.1, 0.15) is 29.3 Å². The van der Waals surface area contributed by atoms with Crippen molar-refractivity contribution in [2.24, 2.45) is 0 Å². The lowest BCUT2D eigenvalue weighted by Gasteiger charge is -2.46. The molecule has 0 spiro atoms. The van der Waals surface area contributed by atoms with E-state index in [-0.39, 0.29) is 21.6 Å². The highest BCUT2D eigenvalue weighted by atomic mass is 32.1. The Balaban J connectivity index is 1.42. The SMILES string of the molecule is CC(=O)[C@]1(O[C@H]2C[C@H](NC(=O)C(F)(F)F)[C@H](O)[C@H](C)O2)Cc2c(O)c3c(c(O)c2[C@@H](O[C@H]2C[C@H](NC(=O)C(F)(F)F)[C@H](O)[C@H](C)O2)C1)C(=O)c1sccc1C3=O. The second-order valence-corrected chi connectivity index (χ2v) is 14.9. The lowest BCUT2D eigenvalue weighted by molar-refractivity contribution is -0.279. The molecule has 6 N–H and O–H groups in total. The standard InChI is InChI=1S/C34H34F6N2O13S/c1-10-23(44)15(41-30(50)33(35,36)37)6-18(52-10)54-17-9-32(12(3)43,55-19-7-16(24(45)11(2)53-19)42-31(51)34(38,39)40)8-14-20(17)27(48)22-21(26(14)47)25(46)13-4-5-56-29(13)28(22)49/h4-5,10-11,15-19,23-24,44-45,47-48H,6-9H2,1-3H3,(H,41,50)(H,42,51)/t10-,11-,15-,16-,17-,18-,19-,23+,24+,32-/m0/s1. The molecule has 1 aromatic heterocycles. The van der Waals surface area contributed by atoms with Crippen molar-refractivity contribution in [3.05, 3.63) is 44.1 Å². The molecule has 15 nitrogen and oxygen atoms in total. The number of aliphatic hydroxyl groups is 2. The summed E-state index contributed by atoms with van der Waals surface area (Å²) in [6.45, 7) is 3.51. The van der Waals surface area contributed by atoms with E-state index in [0.717, 1.165) is 18.3 Å². The Morgan fingerprint density at radius 3 is 1.91 bits per heavy atom. The summed E-state index contributed by atoms with van der Waals surface area (Å²) in [7, 11) is 0. The lowest BCUT2D eigenvalue weighted by Crippen LogP contribution is -2.59. The molecule has 1 aromatic carbocycles. The van der Waals surface area contributed by atoms with Crippen LogP contribution in [0.3, 0.4) is 0 Å². The molecular weight excluding hydrogens is 790 g/mol. The van der Waals surface area contributed by atoms with Gasteiger partial charge in [-0.05, 0) is 32.2 Å². The minimum Gasteiger partial charge on any atom is -0.507 e. The van der Waals surface area contributed by atoms with Gasteiger partial charge >= 0.3 is 24.2 Å². The van der Waals surface area contributed by atoms with Crippen LogP contribution < -0.4 is 10.6 Å². The van der Waals surface area contributed by atoms with Gasteiger partial charge in [0.2, 0.25) is 5.78 Å². The first-order valence-electron chi connectivity index (χ1n) is 17.0. The molecule has 2 aromatic rings. The molecule has 2 amide bonds. The Morgan fingerprint density at radius 2 is 1.38 bits per heavy atom. The van der Waals surface area contributed by atoms with Crippen molar-refractivity contribution in [1.82, 2.24) is 10.6 Å². The van der Waals surface area contributed by atoms with Crippen molar-refractivity contribution < 1.29 is 89.7 Å². The number of alkyl halides is 6. The maximum Gasteiger partial charge on any atom is 0.471 e. The average Bonchev–Trinajstić information content (AvgIpc) is 3.59. The number of nitrogens with one attached hydrogen (secondary N) is 2. The Bertz CT molecular complexity index is 1970. The van der Waals surface area contributed by atoms with Crippen LogP contribution in [-0.2, 0) is 39.8 Å². The van der Waals surface area contributed by atoms with Gasteiger partial charge in [0.05, 0.1) is 46.4 Å². The second-order valence-electron chi connectivity index (χ2n) is 14.0. The number of rotatable bonds is 7. The summed E-state index contributed by atoms with van der Waals surface area (Å²) in [5.41, 5.74) is -4.29. The van der Waals surface area contributed by atoms with Crippen LogP contribution in [0, 0.1) is 0 Å². The number of hydrogen-bond donors (Lipinski definition) is 6. The predicted molar refractivity (Wildman–Crippen MR) is 173 cm³/mol. The Morgan fingerprint density at radius 1 is 0.857 bits per heavy atom. The predicted octanol–water partition coefficient (Wildman–Crippen LogP) is 2.37. The number of ether oxygens (including phenoxy) is 4. The normalized spacial score (nSPS) is 31.9. The summed E-state index contributed by atoms with van der Waals surface area (Å²) in [5, 5.41) is 49.4. The number of aliphatic hydroxyl groups excluding tert-OH is 2. The largest absolute Gasteiger partial charge is 0.507 e.